The van der Waals surface area contributed by atoms with Gasteiger partial charge >= 0.3 is 0 Å². The maximum Gasteiger partial charge on any atom is 0.297 e. The molecule has 0 aliphatic heterocycles. The lowest BCUT2D eigenvalue weighted by molar-refractivity contribution is 0.0394. The molecular formula is C29H35N3O5S. The van der Waals surface area contributed by atoms with Crippen molar-refractivity contribution in [2.75, 3.05) is 70.5 Å². The van der Waals surface area contributed by atoms with Crippen molar-refractivity contribution >= 4 is 21.6 Å². The minimum Gasteiger partial charge on any atom is -0.378 e. The maximum atomic E-state index is 12.1. The Hall–Kier alpha value is -3.42. The number of hydrogen-bond acceptors (Lipinski definition) is 8. The molecule has 0 unspecified atom stereocenters. The topological polar surface area (TPSA) is 81.2 Å². The number of likely N-dealkylation sites (N-methyl/N-ethyl adjacent to an activating group) is 1. The average Bonchev–Trinajstić information content (AvgIpc) is 2.91. The highest BCUT2D eigenvalue weighted by Crippen LogP contribution is 2.14. The van der Waals surface area contributed by atoms with Gasteiger partial charge in [0, 0.05) is 50.7 Å². The molecule has 0 radical (unpaired) electrons. The van der Waals surface area contributed by atoms with Crippen LogP contribution < -0.4 is 9.80 Å². The summed E-state index contributed by atoms with van der Waals surface area (Å²) < 4.78 is 40.3. The molecule has 0 atom stereocenters. The molecule has 3 rings (SSSR count). The van der Waals surface area contributed by atoms with Crippen molar-refractivity contribution in [1.29, 1.82) is 0 Å². The summed E-state index contributed by atoms with van der Waals surface area (Å²) in [4.78, 5) is 8.69. The van der Waals surface area contributed by atoms with Crippen LogP contribution in [0.25, 0.3) is 0 Å². The predicted octanol–water partition coefficient (Wildman–Crippen LogP) is 3.73. The van der Waals surface area contributed by atoms with E-state index in [4.69, 9.17) is 13.7 Å². The molecule has 3 aromatic rings. The number of ether oxygens (including phenoxy) is 2. The molecule has 0 saturated carbocycles. The van der Waals surface area contributed by atoms with Crippen LogP contribution in [0.1, 0.15) is 16.7 Å². The fourth-order valence-electron chi connectivity index (χ4n) is 3.29. The van der Waals surface area contributed by atoms with Crippen molar-refractivity contribution in [1.82, 2.24) is 4.98 Å². The highest BCUT2D eigenvalue weighted by molar-refractivity contribution is 7.86. The Morgan fingerprint density at radius 1 is 0.763 bits per heavy atom. The Balaban J connectivity index is 1.29. The Morgan fingerprint density at radius 3 is 2.00 bits per heavy atom. The lowest BCUT2D eigenvalue weighted by atomic mass is 10.2. The van der Waals surface area contributed by atoms with Crippen LogP contribution in [0, 0.1) is 18.8 Å². The summed E-state index contributed by atoms with van der Waals surface area (Å²) in [6, 6.07) is 18.5. The van der Waals surface area contributed by atoms with Crippen molar-refractivity contribution in [3.63, 3.8) is 0 Å². The number of benzene rings is 2. The minimum atomic E-state index is -3.77. The second kappa shape index (κ2) is 14.5. The third-order valence-corrected chi connectivity index (χ3v) is 6.92. The lowest BCUT2D eigenvalue weighted by Gasteiger charge is -2.18. The van der Waals surface area contributed by atoms with E-state index in [1.165, 1.54) is 12.1 Å². The van der Waals surface area contributed by atoms with Crippen LogP contribution in [0.2, 0.25) is 0 Å². The number of aromatic nitrogens is 1. The molecule has 0 aliphatic rings. The van der Waals surface area contributed by atoms with E-state index >= 15 is 0 Å². The first kappa shape index (κ1) is 29.1. The number of aryl methyl sites for hydroxylation is 1. The van der Waals surface area contributed by atoms with Gasteiger partial charge in [0.05, 0.1) is 37.9 Å². The summed E-state index contributed by atoms with van der Waals surface area (Å²) >= 11 is 0. The van der Waals surface area contributed by atoms with Gasteiger partial charge in [0.2, 0.25) is 0 Å². The largest absolute Gasteiger partial charge is 0.378 e. The molecule has 0 amide bonds. The first-order chi connectivity index (χ1) is 18.2. The van der Waals surface area contributed by atoms with E-state index in [0.717, 1.165) is 28.2 Å². The van der Waals surface area contributed by atoms with Crippen LogP contribution in [-0.2, 0) is 23.8 Å². The molecule has 0 spiro atoms. The van der Waals surface area contributed by atoms with Gasteiger partial charge in [-0.1, -0.05) is 29.5 Å². The molecule has 1 aromatic heterocycles. The van der Waals surface area contributed by atoms with Crippen molar-refractivity contribution < 1.29 is 22.1 Å². The summed E-state index contributed by atoms with van der Waals surface area (Å²) in [6.07, 6.45) is 1.77. The highest BCUT2D eigenvalue weighted by atomic mass is 32.2. The SMILES string of the molecule is Cc1ccc(S(=O)(=O)OCCOCCOCCN(C)c2ccc(C#Cc3ccc(N(C)C)cc3)cn2)cc1. The lowest BCUT2D eigenvalue weighted by Crippen LogP contribution is -2.24. The maximum absolute atomic E-state index is 12.1. The molecule has 202 valence electrons. The summed E-state index contributed by atoms with van der Waals surface area (Å²) in [5.74, 6) is 7.15. The van der Waals surface area contributed by atoms with E-state index in [-0.39, 0.29) is 18.1 Å². The van der Waals surface area contributed by atoms with Gasteiger partial charge in [-0.05, 0) is 55.5 Å². The summed E-state index contributed by atoms with van der Waals surface area (Å²) in [5.41, 5.74) is 3.93. The van der Waals surface area contributed by atoms with Gasteiger partial charge in [-0.2, -0.15) is 8.42 Å². The van der Waals surface area contributed by atoms with E-state index in [1.807, 2.05) is 69.4 Å². The molecule has 8 nitrogen and oxygen atoms in total. The molecule has 0 N–H and O–H groups in total. The van der Waals surface area contributed by atoms with Gasteiger partial charge in [0.15, 0.2) is 0 Å². The standard InChI is InChI=1S/C29H35N3O5S/c1-24-5-14-28(15-6-24)38(33,34)37-22-21-36-20-19-35-18-17-32(4)29-16-11-26(23-30-29)8-7-25-9-12-27(13-10-25)31(2)3/h5-6,9-16,23H,17-22H2,1-4H3. The van der Waals surface area contributed by atoms with Crippen molar-refractivity contribution in [3.05, 3.63) is 83.6 Å². The van der Waals surface area contributed by atoms with Crippen molar-refractivity contribution in [2.24, 2.45) is 0 Å². The van der Waals surface area contributed by atoms with Gasteiger partial charge in [-0.25, -0.2) is 4.98 Å². The van der Waals surface area contributed by atoms with Crippen LogP contribution in [0.4, 0.5) is 11.5 Å². The number of nitrogens with zero attached hydrogens (tertiary/aromatic N) is 3. The first-order valence-electron chi connectivity index (χ1n) is 12.3. The number of pyridine rings is 1. The molecular weight excluding hydrogens is 502 g/mol. The monoisotopic (exact) mass is 537 g/mol. The van der Waals surface area contributed by atoms with Crippen LogP contribution >= 0.6 is 0 Å². The van der Waals surface area contributed by atoms with E-state index in [2.05, 4.69) is 21.7 Å². The smallest absolute Gasteiger partial charge is 0.297 e. The zero-order valence-corrected chi connectivity index (χ0v) is 23.2. The van der Waals surface area contributed by atoms with Gasteiger partial charge < -0.3 is 19.3 Å². The second-order valence-corrected chi connectivity index (χ2v) is 10.4. The quantitative estimate of drug-likeness (QED) is 0.185. The zero-order chi connectivity index (χ0) is 27.4. The van der Waals surface area contributed by atoms with E-state index < -0.39 is 10.1 Å². The average molecular weight is 538 g/mol. The van der Waals surface area contributed by atoms with E-state index in [0.29, 0.717) is 26.4 Å². The molecule has 0 bridgehead atoms. The van der Waals surface area contributed by atoms with Crippen LogP contribution in [-0.4, -0.2) is 74.1 Å². The Kier molecular flexibility index (Phi) is 11.1. The minimum absolute atomic E-state index is 0.0479. The van der Waals surface area contributed by atoms with Crippen LogP contribution in [0.3, 0.4) is 0 Å². The predicted molar refractivity (Wildman–Crippen MR) is 150 cm³/mol. The highest BCUT2D eigenvalue weighted by Gasteiger charge is 2.14. The number of hydrogen-bond donors (Lipinski definition) is 0. The number of rotatable bonds is 13. The van der Waals surface area contributed by atoms with Crippen molar-refractivity contribution in [3.8, 4) is 11.8 Å². The molecule has 0 saturated heterocycles. The van der Waals surface area contributed by atoms with Gasteiger partial charge in [0.25, 0.3) is 10.1 Å². The molecule has 0 aliphatic carbocycles. The van der Waals surface area contributed by atoms with Gasteiger partial charge in [0.1, 0.15) is 5.82 Å². The third-order valence-electron chi connectivity index (χ3n) is 5.59. The molecule has 0 fully saturated rings. The van der Waals surface area contributed by atoms with Crippen LogP contribution in [0.5, 0.6) is 0 Å². The molecule has 38 heavy (non-hydrogen) atoms. The van der Waals surface area contributed by atoms with Crippen LogP contribution in [0.15, 0.2) is 71.8 Å². The fraction of sp³-hybridized carbons (Fsp3) is 0.345. The third kappa shape index (κ3) is 9.47. The Bertz CT molecular complexity index is 1300. The fourth-order valence-corrected chi connectivity index (χ4v) is 4.18. The normalized spacial score (nSPS) is 11.1. The van der Waals surface area contributed by atoms with Gasteiger partial charge in [-0.3, -0.25) is 4.18 Å². The zero-order valence-electron chi connectivity index (χ0n) is 22.4. The summed E-state index contributed by atoms with van der Waals surface area (Å²) in [7, 11) is 2.20. The first-order valence-corrected chi connectivity index (χ1v) is 13.7. The van der Waals surface area contributed by atoms with E-state index in [9.17, 15) is 8.42 Å². The van der Waals surface area contributed by atoms with E-state index in [1.54, 1.807) is 18.3 Å². The second-order valence-electron chi connectivity index (χ2n) is 8.83. The Labute approximate surface area is 226 Å². The summed E-state index contributed by atoms with van der Waals surface area (Å²) in [5, 5.41) is 0. The molecule has 9 heteroatoms. The molecule has 2 aromatic carbocycles. The molecule has 1 heterocycles. The number of anilines is 2. The van der Waals surface area contributed by atoms with Gasteiger partial charge in [-0.15, -0.1) is 0 Å². The van der Waals surface area contributed by atoms with Crippen molar-refractivity contribution in [2.45, 2.75) is 11.8 Å². The Morgan fingerprint density at radius 2 is 1.37 bits per heavy atom. The summed E-state index contributed by atoms with van der Waals surface area (Å²) in [6.45, 7) is 3.92.